The fourth-order valence-electron chi connectivity index (χ4n) is 1.91. The molecule has 3 nitrogen and oxygen atoms in total. The van der Waals surface area contributed by atoms with Gasteiger partial charge in [0.1, 0.15) is 5.25 Å². The zero-order valence-corrected chi connectivity index (χ0v) is 12.9. The smallest absolute Gasteiger partial charge is 0.316 e. The Labute approximate surface area is 127 Å². The molecule has 106 valence electrons. The highest BCUT2D eigenvalue weighted by Gasteiger charge is 2.18. The Morgan fingerprint density at radius 1 is 1.40 bits per heavy atom. The molecule has 0 aliphatic rings. The molecule has 1 aromatic carbocycles. The SMILES string of the molecule is Cc1ncsc1CCSC(Cc1ccccc1)C(=O)O. The van der Waals surface area contributed by atoms with Crippen LogP contribution in [0.4, 0.5) is 0 Å². The molecule has 1 atom stereocenters. The van der Waals surface area contributed by atoms with E-state index >= 15 is 0 Å². The van der Waals surface area contributed by atoms with Crippen molar-refractivity contribution < 1.29 is 9.90 Å². The van der Waals surface area contributed by atoms with Crippen LogP contribution in [0.2, 0.25) is 0 Å². The Hall–Kier alpha value is -1.33. The Bertz CT molecular complexity index is 554. The predicted octanol–water partition coefficient (Wildman–Crippen LogP) is 3.42. The van der Waals surface area contributed by atoms with Gasteiger partial charge < -0.3 is 5.11 Å². The number of carboxylic acids is 1. The molecular formula is C15H17NO2S2. The van der Waals surface area contributed by atoms with Crippen molar-refractivity contribution in [3.63, 3.8) is 0 Å². The fraction of sp³-hybridized carbons (Fsp3) is 0.333. The van der Waals surface area contributed by atoms with Crippen LogP contribution in [0.3, 0.4) is 0 Å². The third-order valence-corrected chi connectivity index (χ3v) is 5.24. The molecule has 0 aliphatic carbocycles. The molecule has 0 saturated heterocycles. The van der Waals surface area contributed by atoms with Crippen molar-refractivity contribution in [3.8, 4) is 0 Å². The van der Waals surface area contributed by atoms with E-state index in [4.69, 9.17) is 0 Å². The number of hydrogen-bond acceptors (Lipinski definition) is 4. The van der Waals surface area contributed by atoms with Crippen molar-refractivity contribution in [1.29, 1.82) is 0 Å². The minimum atomic E-state index is -0.736. The van der Waals surface area contributed by atoms with Crippen LogP contribution < -0.4 is 0 Å². The van der Waals surface area contributed by atoms with Crippen LogP contribution in [0, 0.1) is 6.92 Å². The summed E-state index contributed by atoms with van der Waals surface area (Å²) in [5.74, 6) is 0.0761. The number of carbonyl (C=O) groups is 1. The van der Waals surface area contributed by atoms with Gasteiger partial charge in [-0.05, 0) is 31.1 Å². The van der Waals surface area contributed by atoms with Gasteiger partial charge in [0.25, 0.3) is 0 Å². The lowest BCUT2D eigenvalue weighted by Crippen LogP contribution is -2.20. The molecule has 1 N–H and O–H groups in total. The summed E-state index contributed by atoms with van der Waals surface area (Å²) in [5, 5.41) is 8.93. The van der Waals surface area contributed by atoms with Gasteiger partial charge in [-0.3, -0.25) is 4.79 Å². The minimum absolute atomic E-state index is 0.384. The fourth-order valence-corrected chi connectivity index (χ4v) is 3.88. The van der Waals surface area contributed by atoms with Crippen molar-refractivity contribution in [2.45, 2.75) is 25.0 Å². The molecular weight excluding hydrogens is 290 g/mol. The lowest BCUT2D eigenvalue weighted by Gasteiger charge is -2.11. The lowest BCUT2D eigenvalue weighted by molar-refractivity contribution is -0.136. The number of aliphatic carboxylic acids is 1. The number of thiazole rings is 1. The Balaban J connectivity index is 1.87. The molecule has 1 aromatic heterocycles. The van der Waals surface area contributed by atoms with E-state index in [0.717, 1.165) is 23.4 Å². The maximum absolute atomic E-state index is 11.3. The van der Waals surface area contributed by atoms with Crippen molar-refractivity contribution >= 4 is 29.1 Å². The first-order valence-corrected chi connectivity index (χ1v) is 8.37. The first-order valence-electron chi connectivity index (χ1n) is 6.44. The molecule has 0 spiro atoms. The maximum atomic E-state index is 11.3. The summed E-state index contributed by atoms with van der Waals surface area (Å²) in [7, 11) is 0. The molecule has 0 aliphatic heterocycles. The van der Waals surface area contributed by atoms with Gasteiger partial charge in [0.2, 0.25) is 0 Å². The standard InChI is InChI=1S/C15H17NO2S2/c1-11-13(20-10-16-11)7-8-19-14(15(17)18)9-12-5-3-2-4-6-12/h2-6,10,14H,7-9H2,1H3,(H,17,18). The van der Waals surface area contributed by atoms with Crippen molar-refractivity contribution in [1.82, 2.24) is 4.98 Å². The zero-order chi connectivity index (χ0) is 14.4. The zero-order valence-electron chi connectivity index (χ0n) is 11.3. The van der Waals surface area contributed by atoms with Crippen molar-refractivity contribution in [2.24, 2.45) is 0 Å². The molecule has 1 unspecified atom stereocenters. The minimum Gasteiger partial charge on any atom is -0.480 e. The van der Waals surface area contributed by atoms with Gasteiger partial charge >= 0.3 is 5.97 Å². The van der Waals surface area contributed by atoms with Gasteiger partial charge in [-0.25, -0.2) is 4.98 Å². The summed E-state index contributed by atoms with van der Waals surface area (Å²) in [6, 6.07) is 9.78. The third-order valence-electron chi connectivity index (χ3n) is 3.03. The number of thioether (sulfide) groups is 1. The van der Waals surface area contributed by atoms with Gasteiger partial charge in [-0.1, -0.05) is 30.3 Å². The molecule has 0 fully saturated rings. The van der Waals surface area contributed by atoms with Gasteiger partial charge in [-0.2, -0.15) is 0 Å². The number of carboxylic acid groups (broad SMARTS) is 1. The Kier molecular flexibility index (Phi) is 5.61. The van der Waals surface area contributed by atoms with E-state index in [2.05, 4.69) is 4.98 Å². The summed E-state index contributed by atoms with van der Waals surface area (Å²) in [5.41, 5.74) is 3.97. The van der Waals surface area contributed by atoms with Crippen LogP contribution in [-0.2, 0) is 17.6 Å². The number of rotatable bonds is 7. The van der Waals surface area contributed by atoms with E-state index in [1.165, 1.54) is 16.6 Å². The topological polar surface area (TPSA) is 50.2 Å². The predicted molar refractivity (Wildman–Crippen MR) is 84.6 cm³/mol. The summed E-state index contributed by atoms with van der Waals surface area (Å²) < 4.78 is 0. The number of nitrogens with zero attached hydrogens (tertiary/aromatic N) is 1. The van der Waals surface area contributed by atoms with E-state index in [1.54, 1.807) is 11.3 Å². The highest BCUT2D eigenvalue weighted by molar-refractivity contribution is 8.00. The van der Waals surface area contributed by atoms with Crippen LogP contribution in [-0.4, -0.2) is 27.1 Å². The van der Waals surface area contributed by atoms with Crippen molar-refractivity contribution in [3.05, 3.63) is 52.0 Å². The van der Waals surface area contributed by atoms with E-state index in [0.29, 0.717) is 6.42 Å². The number of benzene rings is 1. The number of aromatic nitrogens is 1. The average molecular weight is 307 g/mol. The molecule has 0 radical (unpaired) electrons. The second-order valence-electron chi connectivity index (χ2n) is 4.50. The monoisotopic (exact) mass is 307 g/mol. The highest BCUT2D eigenvalue weighted by atomic mass is 32.2. The highest BCUT2D eigenvalue weighted by Crippen LogP contribution is 2.21. The molecule has 20 heavy (non-hydrogen) atoms. The molecule has 0 bridgehead atoms. The summed E-state index contributed by atoms with van der Waals surface area (Å²) in [6.45, 7) is 2.00. The second kappa shape index (κ2) is 7.45. The molecule has 0 amide bonds. The third kappa shape index (κ3) is 4.35. The van der Waals surface area contributed by atoms with Crippen LogP contribution in [0.5, 0.6) is 0 Å². The Morgan fingerprint density at radius 2 is 2.15 bits per heavy atom. The summed E-state index contributed by atoms with van der Waals surface area (Å²) in [4.78, 5) is 16.8. The van der Waals surface area contributed by atoms with Crippen LogP contribution >= 0.6 is 23.1 Å². The molecule has 0 saturated carbocycles. The molecule has 2 rings (SSSR count). The average Bonchev–Trinajstić information content (AvgIpc) is 2.84. The van der Waals surface area contributed by atoms with E-state index < -0.39 is 5.97 Å². The first-order chi connectivity index (χ1) is 9.66. The van der Waals surface area contributed by atoms with Crippen LogP contribution in [0.25, 0.3) is 0 Å². The molecule has 5 heteroatoms. The Morgan fingerprint density at radius 3 is 2.75 bits per heavy atom. The largest absolute Gasteiger partial charge is 0.480 e. The normalized spacial score (nSPS) is 12.2. The van der Waals surface area contributed by atoms with Crippen LogP contribution in [0.15, 0.2) is 35.8 Å². The van der Waals surface area contributed by atoms with Gasteiger partial charge in [-0.15, -0.1) is 23.1 Å². The number of aryl methyl sites for hydroxylation is 2. The molecule has 1 heterocycles. The van der Waals surface area contributed by atoms with Crippen LogP contribution in [0.1, 0.15) is 16.1 Å². The number of hydrogen-bond donors (Lipinski definition) is 1. The second-order valence-corrected chi connectivity index (χ2v) is 6.75. The summed E-state index contributed by atoms with van der Waals surface area (Å²) >= 11 is 3.15. The first kappa shape index (κ1) is 15.1. The quantitative estimate of drug-likeness (QED) is 0.851. The van der Waals surface area contributed by atoms with Gasteiger partial charge in [0.15, 0.2) is 0 Å². The van der Waals surface area contributed by atoms with Gasteiger partial charge in [0.05, 0.1) is 11.2 Å². The van der Waals surface area contributed by atoms with Crippen molar-refractivity contribution in [2.75, 3.05) is 5.75 Å². The molecule has 2 aromatic rings. The van der Waals surface area contributed by atoms with E-state index in [1.807, 2.05) is 42.8 Å². The van der Waals surface area contributed by atoms with E-state index in [9.17, 15) is 9.90 Å². The summed E-state index contributed by atoms with van der Waals surface area (Å²) in [6.07, 6.45) is 1.46. The van der Waals surface area contributed by atoms with Gasteiger partial charge in [0, 0.05) is 4.88 Å². The maximum Gasteiger partial charge on any atom is 0.316 e. The lowest BCUT2D eigenvalue weighted by atomic mass is 10.1. The van der Waals surface area contributed by atoms with E-state index in [-0.39, 0.29) is 5.25 Å².